The van der Waals surface area contributed by atoms with Crippen molar-refractivity contribution in [1.82, 2.24) is 9.80 Å². The minimum Gasteiger partial charge on any atom is -0.483 e. The summed E-state index contributed by atoms with van der Waals surface area (Å²) in [5.74, 6) is 1.14. The van der Waals surface area contributed by atoms with Crippen molar-refractivity contribution in [3.63, 3.8) is 0 Å². The van der Waals surface area contributed by atoms with Crippen LogP contribution < -0.4 is 9.47 Å². The monoisotopic (exact) mass is 732 g/mol. The van der Waals surface area contributed by atoms with Crippen LogP contribution in [0.3, 0.4) is 0 Å². The maximum Gasteiger partial charge on any atom is 0.260 e. The molecule has 6 heteroatoms. The van der Waals surface area contributed by atoms with Crippen LogP contribution in [0.2, 0.25) is 0 Å². The van der Waals surface area contributed by atoms with Crippen LogP contribution in [0.5, 0.6) is 11.5 Å². The van der Waals surface area contributed by atoms with Gasteiger partial charge in [-0.1, -0.05) is 168 Å². The summed E-state index contributed by atoms with van der Waals surface area (Å²) in [4.78, 5) is 31.7. The first-order valence-corrected chi connectivity index (χ1v) is 19.3. The molecule has 0 saturated heterocycles. The Labute approximate surface area is 325 Å². The molecule has 0 atom stereocenters. The van der Waals surface area contributed by atoms with E-state index in [9.17, 15) is 9.59 Å². The van der Waals surface area contributed by atoms with Gasteiger partial charge in [0, 0.05) is 26.2 Å². The lowest BCUT2D eigenvalue weighted by Gasteiger charge is -2.30. The van der Waals surface area contributed by atoms with E-state index in [1.165, 1.54) is 11.1 Å². The largest absolute Gasteiger partial charge is 0.483 e. The van der Waals surface area contributed by atoms with Gasteiger partial charge in [0.1, 0.15) is 11.5 Å². The van der Waals surface area contributed by atoms with Crippen LogP contribution in [-0.2, 0) is 44.3 Å². The lowest BCUT2D eigenvalue weighted by atomic mass is 9.80. The molecule has 0 heterocycles. The lowest BCUT2D eigenvalue weighted by molar-refractivity contribution is -0.138. The number of carbonyl (C=O) groups is 2. The van der Waals surface area contributed by atoms with Gasteiger partial charge in [0.05, 0.1) is 0 Å². The number of benzene rings is 4. The second kappa shape index (κ2) is 17.3. The second-order valence-corrected chi connectivity index (χ2v) is 18.6. The molecule has 0 aromatic heterocycles. The average molecular weight is 733 g/mol. The zero-order valence-electron chi connectivity index (χ0n) is 35.0. The number of hydrogen-bond acceptors (Lipinski definition) is 4. The minimum atomic E-state index is -0.175. The van der Waals surface area contributed by atoms with Gasteiger partial charge in [-0.05, 0) is 67.2 Å². The molecule has 54 heavy (non-hydrogen) atoms. The third-order valence-electron chi connectivity index (χ3n) is 9.79. The summed E-state index contributed by atoms with van der Waals surface area (Å²) in [6.45, 7) is 27.4. The fourth-order valence-corrected chi connectivity index (χ4v) is 6.31. The number of rotatable bonds is 13. The molecular formula is C48H64N2O4. The second-order valence-electron chi connectivity index (χ2n) is 18.6. The molecule has 0 aliphatic rings. The van der Waals surface area contributed by atoms with E-state index in [0.29, 0.717) is 37.7 Å². The normalized spacial score (nSPS) is 12.3. The third-order valence-corrected chi connectivity index (χ3v) is 9.79. The highest BCUT2D eigenvalue weighted by atomic mass is 16.5. The summed E-state index contributed by atoms with van der Waals surface area (Å²) in [7, 11) is 0. The highest BCUT2D eigenvalue weighted by Crippen LogP contribution is 2.37. The van der Waals surface area contributed by atoms with Gasteiger partial charge >= 0.3 is 0 Å². The molecule has 0 radical (unpaired) electrons. The van der Waals surface area contributed by atoms with Gasteiger partial charge in [-0.3, -0.25) is 9.59 Å². The smallest absolute Gasteiger partial charge is 0.260 e. The summed E-state index contributed by atoms with van der Waals surface area (Å²) in [6.07, 6.45) is 0. The number of nitrogens with zero attached hydrogens (tertiary/aromatic N) is 2. The minimum absolute atomic E-state index is 0.0132. The molecule has 4 aromatic rings. The summed E-state index contributed by atoms with van der Waals surface area (Å²) < 4.78 is 12.7. The van der Waals surface area contributed by atoms with E-state index in [1.54, 1.807) is 9.80 Å². The fraction of sp³-hybridized carbons (Fsp3) is 0.458. The molecule has 0 unspecified atom stereocenters. The van der Waals surface area contributed by atoms with Crippen molar-refractivity contribution in [1.29, 1.82) is 0 Å². The highest BCUT2D eigenvalue weighted by molar-refractivity contribution is 5.79. The highest BCUT2D eigenvalue weighted by Gasteiger charge is 2.27. The van der Waals surface area contributed by atoms with E-state index in [2.05, 4.69) is 107 Å². The number of hydrogen-bond donors (Lipinski definition) is 0. The standard InChI is InChI=1S/C48H64N2O4/c1-45(2,3)37-23-25-41(39(29-37)47(7,8)9)53-33-43(51)49(31-35-19-15-13-16-20-35)27-28-50(32-36-21-17-14-18-22-36)44(52)34-54-42-26-24-38(46(4,5)6)30-40(42)48(10,11)12/h13-26,29-30H,27-28,31-34H2,1-12H3. The van der Waals surface area contributed by atoms with Gasteiger partial charge in [-0.15, -0.1) is 0 Å². The number of ether oxygens (including phenoxy) is 2. The average Bonchev–Trinajstić information content (AvgIpc) is 3.09. The van der Waals surface area contributed by atoms with Crippen LogP contribution in [0.4, 0.5) is 0 Å². The first-order chi connectivity index (χ1) is 25.1. The zero-order chi connectivity index (χ0) is 39.9. The molecule has 4 rings (SSSR count). The van der Waals surface area contributed by atoms with Crippen LogP contribution in [0.25, 0.3) is 0 Å². The van der Waals surface area contributed by atoms with Gasteiger partial charge in [0.2, 0.25) is 0 Å². The van der Waals surface area contributed by atoms with Crippen LogP contribution in [0.15, 0.2) is 97.1 Å². The first kappa shape index (κ1) is 42.2. The maximum atomic E-state index is 14.1. The van der Waals surface area contributed by atoms with E-state index in [0.717, 1.165) is 22.3 Å². The number of amides is 2. The Balaban J connectivity index is 1.57. The summed E-state index contributed by atoms with van der Waals surface area (Å²) in [6, 6.07) is 32.5. The van der Waals surface area contributed by atoms with E-state index >= 15 is 0 Å². The van der Waals surface area contributed by atoms with E-state index in [4.69, 9.17) is 9.47 Å². The van der Waals surface area contributed by atoms with Crippen molar-refractivity contribution >= 4 is 11.8 Å². The molecule has 0 saturated carbocycles. The first-order valence-electron chi connectivity index (χ1n) is 19.3. The Bertz CT molecular complexity index is 1700. The van der Waals surface area contributed by atoms with Gasteiger partial charge < -0.3 is 19.3 Å². The molecule has 0 bridgehead atoms. The Morgan fingerprint density at radius 1 is 0.463 bits per heavy atom. The Kier molecular flexibility index (Phi) is 13.5. The molecule has 0 spiro atoms. The molecule has 0 aliphatic heterocycles. The Hall–Kier alpha value is -4.58. The Morgan fingerprint density at radius 2 is 0.796 bits per heavy atom. The lowest BCUT2D eigenvalue weighted by Crippen LogP contribution is -2.43. The van der Waals surface area contributed by atoms with Gasteiger partial charge in [-0.2, -0.15) is 0 Å². The predicted molar refractivity (Wildman–Crippen MR) is 222 cm³/mol. The van der Waals surface area contributed by atoms with Gasteiger partial charge in [0.15, 0.2) is 13.2 Å². The van der Waals surface area contributed by atoms with Crippen LogP contribution in [0.1, 0.15) is 116 Å². The molecule has 6 nitrogen and oxygen atoms in total. The molecule has 0 aliphatic carbocycles. The molecule has 0 fully saturated rings. The van der Waals surface area contributed by atoms with Crippen molar-refractivity contribution < 1.29 is 19.1 Å². The van der Waals surface area contributed by atoms with Crippen molar-refractivity contribution in [3.05, 3.63) is 130 Å². The van der Waals surface area contributed by atoms with Gasteiger partial charge in [-0.25, -0.2) is 0 Å². The molecule has 290 valence electrons. The third kappa shape index (κ3) is 12.0. The quantitative estimate of drug-likeness (QED) is 0.137. The topological polar surface area (TPSA) is 59.1 Å². The van der Waals surface area contributed by atoms with Crippen molar-refractivity contribution in [2.24, 2.45) is 0 Å². The molecule has 2 amide bonds. The summed E-state index contributed by atoms with van der Waals surface area (Å²) in [5, 5.41) is 0. The summed E-state index contributed by atoms with van der Waals surface area (Å²) in [5.41, 5.74) is 6.22. The zero-order valence-corrected chi connectivity index (χ0v) is 35.0. The van der Waals surface area contributed by atoms with E-state index < -0.39 is 0 Å². The summed E-state index contributed by atoms with van der Waals surface area (Å²) >= 11 is 0. The van der Waals surface area contributed by atoms with Crippen LogP contribution >= 0.6 is 0 Å². The SMILES string of the molecule is CC(C)(C)c1ccc(OCC(=O)N(CCN(Cc2ccccc2)C(=O)COc2ccc(C(C)(C)C)cc2C(C)(C)C)Cc2ccccc2)c(C(C)(C)C)c1. The number of carbonyl (C=O) groups excluding carboxylic acids is 2. The van der Waals surface area contributed by atoms with E-state index in [1.807, 2.05) is 72.8 Å². The van der Waals surface area contributed by atoms with E-state index in [-0.39, 0.29) is 46.7 Å². The maximum absolute atomic E-state index is 14.1. The predicted octanol–water partition coefficient (Wildman–Crippen LogP) is 10.4. The van der Waals surface area contributed by atoms with Crippen molar-refractivity contribution in [2.45, 2.75) is 118 Å². The van der Waals surface area contributed by atoms with Gasteiger partial charge in [0.25, 0.3) is 11.8 Å². The van der Waals surface area contributed by atoms with Crippen molar-refractivity contribution in [3.8, 4) is 11.5 Å². The Morgan fingerprint density at radius 3 is 1.09 bits per heavy atom. The molecular weight excluding hydrogens is 669 g/mol. The molecule has 4 aromatic carbocycles. The van der Waals surface area contributed by atoms with Crippen molar-refractivity contribution in [2.75, 3.05) is 26.3 Å². The fourth-order valence-electron chi connectivity index (χ4n) is 6.31. The van der Waals surface area contributed by atoms with Crippen LogP contribution in [-0.4, -0.2) is 47.9 Å². The molecule has 0 N–H and O–H groups in total. The van der Waals surface area contributed by atoms with Crippen LogP contribution in [0, 0.1) is 0 Å².